The Bertz CT molecular complexity index is 1940. The van der Waals surface area contributed by atoms with Gasteiger partial charge < -0.3 is 29.7 Å². The van der Waals surface area contributed by atoms with Gasteiger partial charge >= 0.3 is 0 Å². The van der Waals surface area contributed by atoms with Crippen LogP contribution in [0.15, 0.2) is 48.9 Å². The van der Waals surface area contributed by atoms with E-state index in [1.54, 1.807) is 30.4 Å². The highest BCUT2D eigenvalue weighted by Crippen LogP contribution is 2.46. The maximum absolute atomic E-state index is 13.8. The summed E-state index contributed by atoms with van der Waals surface area (Å²) in [5.74, 6) is -0.263. The lowest BCUT2D eigenvalue weighted by Gasteiger charge is -2.25. The summed E-state index contributed by atoms with van der Waals surface area (Å²) < 4.78 is 17.0. The molecular weight excluding hydrogens is 626 g/mol. The molecule has 254 valence electrons. The van der Waals surface area contributed by atoms with Crippen molar-refractivity contribution in [3.8, 4) is 0 Å². The number of amides is 3. The SMILES string of the molecule is Cc1cc(C[C@H]2NC(=O)c3cnc4c(c3)C[C@@]3(C4)C(=O)Nc4ncc(cc43)/C=C/COCCOCCOCCN(C)C2=O)cc2cn[nH]c12. The van der Waals surface area contributed by atoms with E-state index < -0.39 is 17.4 Å². The summed E-state index contributed by atoms with van der Waals surface area (Å²) >= 11 is 0. The lowest BCUT2D eigenvalue weighted by molar-refractivity contribution is -0.132. The predicted octanol–water partition coefficient (Wildman–Crippen LogP) is 2.53. The number of aromatic amines is 1. The van der Waals surface area contributed by atoms with E-state index >= 15 is 0 Å². The summed E-state index contributed by atoms with van der Waals surface area (Å²) in [6.07, 6.45) is 9.86. The summed E-state index contributed by atoms with van der Waals surface area (Å²) in [5, 5.41) is 14.0. The first-order valence-corrected chi connectivity index (χ1v) is 16.5. The van der Waals surface area contributed by atoms with Crippen molar-refractivity contribution in [2.45, 2.75) is 37.6 Å². The molecule has 1 spiro atoms. The third-order valence-corrected chi connectivity index (χ3v) is 9.44. The van der Waals surface area contributed by atoms with E-state index in [4.69, 9.17) is 14.2 Å². The molecule has 1 aromatic carbocycles. The second-order valence-corrected chi connectivity index (χ2v) is 12.8. The topological polar surface area (TPSA) is 161 Å². The smallest absolute Gasteiger partial charge is 0.253 e. The van der Waals surface area contributed by atoms with Crippen LogP contribution in [0.5, 0.6) is 0 Å². The van der Waals surface area contributed by atoms with Crippen molar-refractivity contribution in [2.75, 3.05) is 58.6 Å². The minimum Gasteiger partial charge on any atom is -0.377 e. The third kappa shape index (κ3) is 6.69. The molecular formula is C36H39N7O6. The van der Waals surface area contributed by atoms with Crippen LogP contribution in [0, 0.1) is 6.92 Å². The zero-order valence-corrected chi connectivity index (χ0v) is 27.6. The minimum absolute atomic E-state index is 0.136. The van der Waals surface area contributed by atoms with E-state index in [2.05, 4.69) is 30.8 Å². The summed E-state index contributed by atoms with van der Waals surface area (Å²) in [6, 6.07) is 6.89. The van der Waals surface area contributed by atoms with Crippen LogP contribution >= 0.6 is 0 Å². The van der Waals surface area contributed by atoms with E-state index in [1.165, 1.54) is 6.20 Å². The molecule has 3 N–H and O–H groups in total. The number of likely N-dealkylation sites (N-methyl/N-ethyl adjacent to an activating group) is 1. The molecule has 3 amide bonds. The number of aromatic nitrogens is 4. The number of nitrogens with one attached hydrogen (secondary N) is 3. The van der Waals surface area contributed by atoms with E-state index in [0.29, 0.717) is 70.4 Å². The van der Waals surface area contributed by atoms with Gasteiger partial charge in [0.05, 0.1) is 62.3 Å². The minimum atomic E-state index is -0.871. The second kappa shape index (κ2) is 13.9. The van der Waals surface area contributed by atoms with Crippen LogP contribution < -0.4 is 10.6 Å². The number of nitrogens with zero attached hydrogens (tertiary/aromatic N) is 4. The standard InChI is InChI=1S/C36H39N7O6/c1-22-12-24(13-26-21-39-42-31(22)26)15-29-34(45)43(2)5-7-48-9-11-49-10-8-47-6-3-4-23-14-28-32(38-19-23)41-35(46)36(28)17-25-16-27(33(44)40-29)20-37-30(25)18-36/h3-4,12-14,16,19-21,29H,5-11,15,17-18H2,1-2H3,(H,39,42)(H,40,44)(H,38,41,46)/b4-3+/t29-,36+/m1/s1. The fourth-order valence-electron chi connectivity index (χ4n) is 6.85. The molecule has 4 aromatic rings. The highest BCUT2D eigenvalue weighted by molar-refractivity contribution is 6.06. The number of H-pyrrole nitrogens is 1. The average molecular weight is 666 g/mol. The van der Waals surface area contributed by atoms with Gasteiger partial charge in [0.25, 0.3) is 5.91 Å². The van der Waals surface area contributed by atoms with Crippen molar-refractivity contribution in [3.05, 3.63) is 88.0 Å². The number of pyridine rings is 2. The molecule has 3 aliphatic rings. The lowest BCUT2D eigenvalue weighted by atomic mass is 9.79. The average Bonchev–Trinajstić information content (AvgIpc) is 3.80. The molecule has 2 atom stereocenters. The number of anilines is 1. The van der Waals surface area contributed by atoms with E-state index in [9.17, 15) is 14.4 Å². The van der Waals surface area contributed by atoms with Crippen LogP contribution in [0.2, 0.25) is 0 Å². The zero-order chi connectivity index (χ0) is 34.0. The number of hydrogen-bond acceptors (Lipinski definition) is 9. The molecule has 7 rings (SSSR count). The molecule has 0 radical (unpaired) electrons. The summed E-state index contributed by atoms with van der Waals surface area (Å²) in [5.41, 5.74) is 5.50. The van der Waals surface area contributed by atoms with Gasteiger partial charge in [0, 0.05) is 55.5 Å². The Labute approximate surface area is 283 Å². The molecule has 3 aromatic heterocycles. The van der Waals surface area contributed by atoms with Gasteiger partial charge in [0.15, 0.2) is 0 Å². The molecule has 0 saturated heterocycles. The molecule has 0 fully saturated rings. The highest BCUT2D eigenvalue weighted by Gasteiger charge is 2.52. The van der Waals surface area contributed by atoms with Crippen LogP contribution in [0.1, 0.15) is 43.9 Å². The van der Waals surface area contributed by atoms with Crippen LogP contribution in [0.4, 0.5) is 5.82 Å². The largest absolute Gasteiger partial charge is 0.377 e. The lowest BCUT2D eigenvalue weighted by Crippen LogP contribution is -2.49. The van der Waals surface area contributed by atoms with Gasteiger partial charge in [-0.05, 0) is 53.8 Å². The molecule has 13 nitrogen and oxygen atoms in total. The molecule has 0 saturated carbocycles. The molecule has 2 aliphatic heterocycles. The number of hydrogen-bond donors (Lipinski definition) is 3. The monoisotopic (exact) mass is 665 g/mol. The quantitative estimate of drug-likeness (QED) is 0.292. The van der Waals surface area contributed by atoms with Crippen molar-refractivity contribution >= 4 is 40.5 Å². The maximum Gasteiger partial charge on any atom is 0.253 e. The van der Waals surface area contributed by atoms with E-state index in [1.807, 2.05) is 37.3 Å². The van der Waals surface area contributed by atoms with Gasteiger partial charge in [0.1, 0.15) is 11.9 Å². The number of rotatable bonds is 2. The van der Waals surface area contributed by atoms with Crippen LogP contribution in [-0.4, -0.2) is 102 Å². The van der Waals surface area contributed by atoms with Gasteiger partial charge in [-0.15, -0.1) is 0 Å². The van der Waals surface area contributed by atoms with Crippen molar-refractivity contribution in [2.24, 2.45) is 0 Å². The van der Waals surface area contributed by atoms with E-state index in [0.717, 1.165) is 44.4 Å². The van der Waals surface area contributed by atoms with Gasteiger partial charge in [-0.25, -0.2) is 4.98 Å². The zero-order valence-electron chi connectivity index (χ0n) is 27.6. The fraction of sp³-hybridized carbons (Fsp3) is 0.389. The maximum atomic E-state index is 13.8. The Morgan fingerprint density at radius 1 is 0.939 bits per heavy atom. The molecule has 49 heavy (non-hydrogen) atoms. The van der Waals surface area contributed by atoms with Crippen LogP contribution in [0.3, 0.4) is 0 Å². The second-order valence-electron chi connectivity index (χ2n) is 12.8. The first kappa shape index (κ1) is 32.6. The van der Waals surface area contributed by atoms with Gasteiger partial charge in [-0.1, -0.05) is 18.2 Å². The normalized spacial score (nSPS) is 22.9. The summed E-state index contributed by atoms with van der Waals surface area (Å²) in [7, 11) is 1.70. The number of carbonyl (C=O) groups is 3. The first-order chi connectivity index (χ1) is 23.8. The number of benzene rings is 1. The van der Waals surface area contributed by atoms with Crippen molar-refractivity contribution in [1.82, 2.24) is 30.4 Å². The number of ether oxygens (including phenoxy) is 3. The van der Waals surface area contributed by atoms with Crippen molar-refractivity contribution in [1.29, 1.82) is 0 Å². The van der Waals surface area contributed by atoms with Gasteiger partial charge in [-0.2, -0.15) is 5.10 Å². The van der Waals surface area contributed by atoms with Crippen molar-refractivity contribution < 1.29 is 28.6 Å². The van der Waals surface area contributed by atoms with Crippen molar-refractivity contribution in [3.63, 3.8) is 0 Å². The number of aryl methyl sites for hydroxylation is 1. The summed E-state index contributed by atoms with van der Waals surface area (Å²) in [4.78, 5) is 51.9. The molecule has 5 heterocycles. The highest BCUT2D eigenvalue weighted by atomic mass is 16.5. The van der Waals surface area contributed by atoms with Crippen LogP contribution in [0.25, 0.3) is 17.0 Å². The van der Waals surface area contributed by atoms with Gasteiger partial charge in [-0.3, -0.25) is 24.5 Å². The molecule has 13 heteroatoms. The number of fused-ring (bicyclic) bond motifs is 3. The Balaban J connectivity index is 1.17. The Kier molecular flexibility index (Phi) is 9.21. The van der Waals surface area contributed by atoms with Crippen LogP contribution in [-0.2, 0) is 48.5 Å². The van der Waals surface area contributed by atoms with Gasteiger partial charge in [0.2, 0.25) is 11.8 Å². The molecule has 1 aliphatic carbocycles. The first-order valence-electron chi connectivity index (χ1n) is 16.5. The predicted molar refractivity (Wildman–Crippen MR) is 181 cm³/mol. The molecule has 0 unspecified atom stereocenters. The Hall–Kier alpha value is -4.98. The molecule has 5 bridgehead atoms. The summed E-state index contributed by atoms with van der Waals surface area (Å²) in [6.45, 7) is 4.66. The third-order valence-electron chi connectivity index (χ3n) is 9.44. The van der Waals surface area contributed by atoms with E-state index in [-0.39, 0.29) is 18.2 Å². The Morgan fingerprint density at radius 3 is 2.61 bits per heavy atom. The Morgan fingerprint density at radius 2 is 1.76 bits per heavy atom. The number of carbonyl (C=O) groups excluding carboxylic acids is 3. The fourth-order valence-corrected chi connectivity index (χ4v) is 6.85.